The molecule has 0 unspecified atom stereocenters. The fourth-order valence-electron chi connectivity index (χ4n) is 9.02. The van der Waals surface area contributed by atoms with E-state index in [1.165, 1.54) is 23.1 Å². The van der Waals surface area contributed by atoms with Crippen LogP contribution >= 0.6 is 0 Å². The van der Waals surface area contributed by atoms with Crippen molar-refractivity contribution in [3.8, 4) is 45.3 Å². The minimum Gasteiger partial charge on any atom is -0.261 e. The van der Waals surface area contributed by atoms with E-state index in [1.807, 2.05) is 78.9 Å². The molecule has 7 aromatic carbocycles. The van der Waals surface area contributed by atoms with Crippen molar-refractivity contribution in [1.82, 2.24) is 15.0 Å². The molecule has 1 heterocycles. The van der Waals surface area contributed by atoms with E-state index in [-0.39, 0.29) is 5.41 Å². The van der Waals surface area contributed by atoms with Crippen molar-refractivity contribution in [3.05, 3.63) is 253 Å². The van der Waals surface area contributed by atoms with Crippen molar-refractivity contribution in [1.29, 1.82) is 0 Å². The summed E-state index contributed by atoms with van der Waals surface area (Å²) in [7, 11) is 0. The van der Waals surface area contributed by atoms with Crippen molar-refractivity contribution < 1.29 is 0 Å². The van der Waals surface area contributed by atoms with Crippen LogP contribution in [0.15, 0.2) is 234 Å². The van der Waals surface area contributed by atoms with Gasteiger partial charge in [0.05, 0.1) is 6.54 Å². The maximum atomic E-state index is 5.11. The van der Waals surface area contributed by atoms with E-state index in [9.17, 15) is 0 Å². The monoisotopic (exact) mass is 868 g/mol. The Morgan fingerprint density at radius 3 is 1.46 bits per heavy atom. The third-order valence-electron chi connectivity index (χ3n) is 12.6. The standard InChI is InChI=1S/C61H52N6/c1-4-18-45(5-2)47-27-25-44(26-28-47)43-63-57(64-56(62-3)49-21-12-7-13-22-49)51-33-37-54(38-34-51)61(41-16-9-17-42-61)55-39-35-53(36-40-55)60-66-58(50-23-14-8-15-24-50)65-59(67-60)52-31-29-48(30-32-52)46-19-10-6-11-20-46/h4-8,10-15,18-40H,1-3,9,16-17,41-43H2/b45-18+,63-57?,64-56?. The lowest BCUT2D eigenvalue weighted by molar-refractivity contribution is 0.346. The van der Waals surface area contributed by atoms with Crippen LogP contribution in [-0.2, 0) is 12.0 Å². The third kappa shape index (κ3) is 10.0. The number of rotatable bonds is 13. The third-order valence-corrected chi connectivity index (χ3v) is 12.6. The number of hydrogen-bond acceptors (Lipinski definition) is 4. The summed E-state index contributed by atoms with van der Waals surface area (Å²) in [5.41, 5.74) is 12.5. The second kappa shape index (κ2) is 20.7. The van der Waals surface area contributed by atoms with Crippen LogP contribution in [0.3, 0.4) is 0 Å². The summed E-state index contributed by atoms with van der Waals surface area (Å²) in [5.74, 6) is 3.04. The van der Waals surface area contributed by atoms with Gasteiger partial charge < -0.3 is 0 Å². The molecule has 6 heteroatoms. The van der Waals surface area contributed by atoms with Crippen molar-refractivity contribution >= 4 is 24.0 Å². The van der Waals surface area contributed by atoms with Gasteiger partial charge in [0.15, 0.2) is 29.1 Å². The van der Waals surface area contributed by atoms with E-state index < -0.39 is 0 Å². The topological polar surface area (TPSA) is 75.8 Å². The SMILES string of the molecule is C=C/C=C(\C=C)c1ccc(CN=C(N=C(N=C)c2ccccc2)c2ccc(C3(c4ccc(-c5nc(-c6ccccc6)nc(-c6ccc(-c7ccccc7)cc6)n5)cc4)CCCCC3)cc2)cc1. The zero-order chi connectivity index (χ0) is 45.8. The Hall–Kier alpha value is -8.22. The molecule has 8 aromatic rings. The first-order valence-electron chi connectivity index (χ1n) is 22.9. The van der Waals surface area contributed by atoms with E-state index in [1.54, 1.807) is 6.08 Å². The van der Waals surface area contributed by atoms with E-state index in [2.05, 4.69) is 146 Å². The Morgan fingerprint density at radius 2 is 0.925 bits per heavy atom. The molecule has 326 valence electrons. The van der Waals surface area contributed by atoms with Gasteiger partial charge in [0.25, 0.3) is 0 Å². The maximum absolute atomic E-state index is 5.11. The molecular weight excluding hydrogens is 817 g/mol. The Morgan fingerprint density at radius 1 is 0.478 bits per heavy atom. The number of aliphatic imine (C=N–C) groups is 3. The van der Waals surface area contributed by atoms with E-state index >= 15 is 0 Å². The molecule has 0 spiro atoms. The second-order valence-electron chi connectivity index (χ2n) is 16.8. The highest BCUT2D eigenvalue weighted by Gasteiger charge is 2.36. The normalized spacial score (nSPS) is 14.0. The average molecular weight is 869 g/mol. The molecule has 1 aliphatic rings. The smallest absolute Gasteiger partial charge is 0.164 e. The summed E-state index contributed by atoms with van der Waals surface area (Å²) in [4.78, 5) is 29.6. The van der Waals surface area contributed by atoms with E-state index in [0.717, 1.165) is 75.8 Å². The zero-order valence-electron chi connectivity index (χ0n) is 37.7. The van der Waals surface area contributed by atoms with Gasteiger partial charge in [-0.2, -0.15) is 0 Å². The van der Waals surface area contributed by atoms with E-state index in [0.29, 0.717) is 35.7 Å². The second-order valence-corrected chi connectivity index (χ2v) is 16.8. The van der Waals surface area contributed by atoms with Crippen LogP contribution in [0.2, 0.25) is 0 Å². The fraction of sp³-hybridized carbons (Fsp3) is 0.115. The lowest BCUT2D eigenvalue weighted by Gasteiger charge is -2.39. The van der Waals surface area contributed by atoms with Crippen LogP contribution in [0.4, 0.5) is 0 Å². The van der Waals surface area contributed by atoms with Crippen LogP contribution in [0.25, 0.3) is 50.9 Å². The molecule has 0 radical (unpaired) electrons. The van der Waals surface area contributed by atoms with Crippen molar-refractivity contribution in [3.63, 3.8) is 0 Å². The molecule has 9 rings (SSSR count). The fourth-order valence-corrected chi connectivity index (χ4v) is 9.02. The Balaban J connectivity index is 1.04. The highest BCUT2D eigenvalue weighted by atomic mass is 15.0. The van der Waals surface area contributed by atoms with Crippen molar-refractivity contribution in [2.75, 3.05) is 0 Å². The van der Waals surface area contributed by atoms with Gasteiger partial charge in [0.2, 0.25) is 0 Å². The zero-order valence-corrected chi connectivity index (χ0v) is 37.7. The molecule has 67 heavy (non-hydrogen) atoms. The molecule has 0 bridgehead atoms. The first kappa shape index (κ1) is 44.0. The van der Waals surface area contributed by atoms with Gasteiger partial charge in [-0.25, -0.2) is 24.9 Å². The molecule has 0 N–H and O–H groups in total. The van der Waals surface area contributed by atoms with Crippen LogP contribution < -0.4 is 0 Å². The lowest BCUT2D eigenvalue weighted by atomic mass is 9.65. The van der Waals surface area contributed by atoms with Crippen molar-refractivity contribution in [2.45, 2.75) is 44.1 Å². The molecule has 1 aliphatic carbocycles. The van der Waals surface area contributed by atoms with Crippen molar-refractivity contribution in [2.24, 2.45) is 15.0 Å². The predicted octanol–water partition coefficient (Wildman–Crippen LogP) is 14.6. The minimum atomic E-state index is -0.153. The first-order valence-corrected chi connectivity index (χ1v) is 22.9. The Kier molecular flexibility index (Phi) is 13.6. The van der Waals surface area contributed by atoms with Gasteiger partial charge in [0.1, 0.15) is 0 Å². The highest BCUT2D eigenvalue weighted by Crippen LogP contribution is 2.45. The van der Waals surface area contributed by atoms with Gasteiger partial charge in [-0.05, 0) is 58.5 Å². The molecule has 0 atom stereocenters. The Bertz CT molecular complexity index is 3050. The summed E-state index contributed by atoms with van der Waals surface area (Å²) in [6.45, 7) is 12.1. The quantitative estimate of drug-likeness (QED) is 0.0658. The summed E-state index contributed by atoms with van der Waals surface area (Å²) in [6, 6.07) is 65.1. The summed E-state index contributed by atoms with van der Waals surface area (Å²) >= 11 is 0. The number of amidine groups is 2. The summed E-state index contributed by atoms with van der Waals surface area (Å²) in [5, 5.41) is 0. The van der Waals surface area contributed by atoms with Gasteiger partial charge >= 0.3 is 0 Å². The van der Waals surface area contributed by atoms with Crippen LogP contribution in [-0.4, -0.2) is 33.3 Å². The molecule has 0 amide bonds. The van der Waals surface area contributed by atoms with Gasteiger partial charge in [-0.1, -0.05) is 239 Å². The minimum absolute atomic E-state index is 0.153. The number of hydrogen-bond donors (Lipinski definition) is 0. The predicted molar refractivity (Wildman–Crippen MR) is 279 cm³/mol. The average Bonchev–Trinajstić information content (AvgIpc) is 3.41. The molecule has 0 saturated heterocycles. The summed E-state index contributed by atoms with van der Waals surface area (Å²) < 4.78 is 0. The number of benzene rings is 7. The van der Waals surface area contributed by atoms with Gasteiger partial charge in [-0.3, -0.25) is 4.99 Å². The molecule has 1 aromatic heterocycles. The molecule has 1 fully saturated rings. The van der Waals surface area contributed by atoms with Crippen LogP contribution in [0.5, 0.6) is 0 Å². The highest BCUT2D eigenvalue weighted by molar-refractivity contribution is 6.12. The van der Waals surface area contributed by atoms with Crippen LogP contribution in [0, 0.1) is 0 Å². The van der Waals surface area contributed by atoms with Gasteiger partial charge in [0, 0.05) is 33.2 Å². The molecular formula is C61H52N6. The Labute approximate surface area is 394 Å². The summed E-state index contributed by atoms with van der Waals surface area (Å²) in [6.07, 6.45) is 11.2. The van der Waals surface area contributed by atoms with E-state index in [4.69, 9.17) is 24.9 Å². The molecule has 6 nitrogen and oxygen atoms in total. The van der Waals surface area contributed by atoms with Gasteiger partial charge in [-0.15, -0.1) is 0 Å². The van der Waals surface area contributed by atoms with Crippen LogP contribution in [0.1, 0.15) is 65.5 Å². The number of nitrogens with zero attached hydrogens (tertiary/aromatic N) is 6. The first-order chi connectivity index (χ1) is 33.0. The molecule has 0 aliphatic heterocycles. The number of allylic oxidation sites excluding steroid dienone is 4. The largest absolute Gasteiger partial charge is 0.261 e. The maximum Gasteiger partial charge on any atom is 0.164 e. The molecule has 1 saturated carbocycles. The number of aromatic nitrogens is 3. The lowest BCUT2D eigenvalue weighted by Crippen LogP contribution is -2.30.